The van der Waals surface area contributed by atoms with Crippen LogP contribution in [-0.4, -0.2) is 11.9 Å². The van der Waals surface area contributed by atoms with Gasteiger partial charge in [0.15, 0.2) is 0 Å². The summed E-state index contributed by atoms with van der Waals surface area (Å²) in [7, 11) is 0. The molecule has 0 aliphatic heterocycles. The molecule has 1 fully saturated rings. The van der Waals surface area contributed by atoms with E-state index in [0.717, 1.165) is 17.9 Å². The van der Waals surface area contributed by atoms with Gasteiger partial charge in [0, 0.05) is 0 Å². The Labute approximate surface area is 97.2 Å². The minimum absolute atomic E-state index is 0.459. The van der Waals surface area contributed by atoms with E-state index in [4.69, 9.17) is 4.74 Å². The average Bonchev–Trinajstić information content (AvgIpc) is 2.74. The molecular weight excluding hydrogens is 204 g/mol. The number of hydrogen-bond acceptors (Lipinski definition) is 2. The van der Waals surface area contributed by atoms with Crippen molar-refractivity contribution in [3.8, 4) is 5.75 Å². The lowest BCUT2D eigenvalue weighted by Crippen LogP contribution is -2.10. The van der Waals surface area contributed by atoms with Gasteiger partial charge in [-0.15, -0.1) is 0 Å². The molecule has 2 rings (SSSR count). The van der Waals surface area contributed by atoms with Crippen LogP contribution in [0.5, 0.6) is 5.75 Å². The van der Waals surface area contributed by atoms with E-state index in [1.165, 1.54) is 31.2 Å². The number of thiol groups is 1. The summed E-state index contributed by atoms with van der Waals surface area (Å²) in [6, 6.07) is 8.44. The van der Waals surface area contributed by atoms with Crippen molar-refractivity contribution in [1.29, 1.82) is 0 Å². The summed E-state index contributed by atoms with van der Waals surface area (Å²) in [6.45, 7) is 0. The molecule has 0 bridgehead atoms. The predicted molar refractivity (Wildman–Crippen MR) is 66.9 cm³/mol. The number of hydrogen-bond donors (Lipinski definition) is 1. The second kappa shape index (κ2) is 5.45. The number of rotatable bonds is 4. The highest BCUT2D eigenvalue weighted by Crippen LogP contribution is 2.24. The molecule has 0 aromatic heterocycles. The van der Waals surface area contributed by atoms with Gasteiger partial charge < -0.3 is 4.74 Å². The first-order valence-electron chi connectivity index (χ1n) is 5.75. The van der Waals surface area contributed by atoms with Gasteiger partial charge in [0.05, 0.1) is 6.10 Å². The van der Waals surface area contributed by atoms with Crippen molar-refractivity contribution in [2.24, 2.45) is 0 Å². The van der Waals surface area contributed by atoms with Crippen LogP contribution in [0.2, 0.25) is 0 Å². The lowest BCUT2D eigenvalue weighted by molar-refractivity contribution is 0.210. The number of aryl methyl sites for hydroxylation is 1. The van der Waals surface area contributed by atoms with Gasteiger partial charge in [0.1, 0.15) is 5.75 Å². The molecule has 0 unspecified atom stereocenters. The minimum atomic E-state index is 0.459. The summed E-state index contributed by atoms with van der Waals surface area (Å²) in [4.78, 5) is 0. The standard InChI is InChI=1S/C13H18OS/c15-10-9-11-5-7-13(8-6-11)14-12-3-1-2-4-12/h5-8,12,15H,1-4,9-10H2. The largest absolute Gasteiger partial charge is 0.490 e. The Balaban J connectivity index is 1.91. The van der Waals surface area contributed by atoms with Crippen LogP contribution in [0.25, 0.3) is 0 Å². The summed E-state index contributed by atoms with van der Waals surface area (Å²) < 4.78 is 5.89. The number of benzene rings is 1. The van der Waals surface area contributed by atoms with Crippen LogP contribution in [0.1, 0.15) is 31.2 Å². The first-order valence-corrected chi connectivity index (χ1v) is 6.38. The van der Waals surface area contributed by atoms with Gasteiger partial charge in [0.2, 0.25) is 0 Å². The van der Waals surface area contributed by atoms with Crippen molar-refractivity contribution < 1.29 is 4.74 Å². The van der Waals surface area contributed by atoms with Gasteiger partial charge >= 0.3 is 0 Å². The Morgan fingerprint density at radius 2 is 1.80 bits per heavy atom. The third-order valence-corrected chi connectivity index (χ3v) is 3.15. The Kier molecular flexibility index (Phi) is 3.95. The predicted octanol–water partition coefficient (Wildman–Crippen LogP) is 3.48. The van der Waals surface area contributed by atoms with E-state index in [9.17, 15) is 0 Å². The van der Waals surface area contributed by atoms with E-state index < -0.39 is 0 Å². The Hall–Kier alpha value is -0.630. The maximum absolute atomic E-state index is 5.89. The fourth-order valence-electron chi connectivity index (χ4n) is 2.06. The Bertz CT molecular complexity index is 288. The highest BCUT2D eigenvalue weighted by atomic mass is 32.1. The van der Waals surface area contributed by atoms with Gasteiger partial charge in [-0.25, -0.2) is 0 Å². The Morgan fingerprint density at radius 3 is 2.40 bits per heavy atom. The normalized spacial score (nSPS) is 16.9. The summed E-state index contributed by atoms with van der Waals surface area (Å²) in [5.41, 5.74) is 1.34. The molecule has 0 heterocycles. The molecule has 2 heteroatoms. The van der Waals surface area contributed by atoms with E-state index in [1.54, 1.807) is 0 Å². The quantitative estimate of drug-likeness (QED) is 0.767. The van der Waals surface area contributed by atoms with Crippen molar-refractivity contribution in [3.63, 3.8) is 0 Å². The monoisotopic (exact) mass is 222 g/mol. The minimum Gasteiger partial charge on any atom is -0.490 e. The second-order valence-electron chi connectivity index (χ2n) is 4.14. The molecule has 0 atom stereocenters. The summed E-state index contributed by atoms with van der Waals surface area (Å²) in [5.74, 6) is 1.92. The molecule has 0 amide bonds. The second-order valence-corrected chi connectivity index (χ2v) is 4.59. The zero-order valence-electron chi connectivity index (χ0n) is 8.98. The number of ether oxygens (including phenoxy) is 1. The maximum atomic E-state index is 5.89. The maximum Gasteiger partial charge on any atom is 0.119 e. The van der Waals surface area contributed by atoms with Crippen LogP contribution in [0.15, 0.2) is 24.3 Å². The van der Waals surface area contributed by atoms with E-state index in [2.05, 4.69) is 36.9 Å². The van der Waals surface area contributed by atoms with Crippen LogP contribution in [0.3, 0.4) is 0 Å². The first-order chi connectivity index (χ1) is 7.38. The molecule has 0 radical (unpaired) electrons. The molecule has 0 N–H and O–H groups in total. The van der Waals surface area contributed by atoms with Gasteiger partial charge in [0.25, 0.3) is 0 Å². The summed E-state index contributed by atoms with van der Waals surface area (Å²) in [5, 5.41) is 0. The first kappa shape index (κ1) is 10.9. The topological polar surface area (TPSA) is 9.23 Å². The van der Waals surface area contributed by atoms with Crippen LogP contribution in [0, 0.1) is 0 Å². The van der Waals surface area contributed by atoms with Gasteiger partial charge in [-0.1, -0.05) is 12.1 Å². The van der Waals surface area contributed by atoms with E-state index in [-0.39, 0.29) is 0 Å². The van der Waals surface area contributed by atoms with Crippen LogP contribution < -0.4 is 4.74 Å². The molecule has 0 saturated heterocycles. The van der Waals surface area contributed by atoms with E-state index >= 15 is 0 Å². The molecule has 82 valence electrons. The summed E-state index contributed by atoms with van der Waals surface area (Å²) >= 11 is 4.22. The lowest BCUT2D eigenvalue weighted by atomic mass is 10.2. The van der Waals surface area contributed by atoms with Crippen molar-refractivity contribution in [3.05, 3.63) is 29.8 Å². The SMILES string of the molecule is SCCc1ccc(OC2CCCC2)cc1. The van der Waals surface area contributed by atoms with Gasteiger partial charge in [-0.2, -0.15) is 12.6 Å². The molecular formula is C13H18OS. The molecule has 1 aliphatic rings. The van der Waals surface area contributed by atoms with Crippen LogP contribution >= 0.6 is 12.6 Å². The fraction of sp³-hybridized carbons (Fsp3) is 0.538. The summed E-state index contributed by atoms with van der Waals surface area (Å²) in [6.07, 6.45) is 6.58. The van der Waals surface area contributed by atoms with Gasteiger partial charge in [-0.05, 0) is 55.6 Å². The highest BCUT2D eigenvalue weighted by Gasteiger charge is 2.16. The van der Waals surface area contributed by atoms with Crippen molar-refractivity contribution in [1.82, 2.24) is 0 Å². The van der Waals surface area contributed by atoms with E-state index in [1.807, 2.05) is 0 Å². The van der Waals surface area contributed by atoms with Crippen molar-refractivity contribution in [2.75, 3.05) is 5.75 Å². The molecule has 1 aliphatic carbocycles. The third kappa shape index (κ3) is 3.16. The molecule has 1 saturated carbocycles. The molecule has 1 aromatic carbocycles. The smallest absolute Gasteiger partial charge is 0.119 e. The zero-order valence-corrected chi connectivity index (χ0v) is 9.88. The fourth-order valence-corrected chi connectivity index (χ4v) is 2.32. The van der Waals surface area contributed by atoms with Crippen LogP contribution in [0.4, 0.5) is 0 Å². The zero-order chi connectivity index (χ0) is 10.5. The van der Waals surface area contributed by atoms with Crippen LogP contribution in [-0.2, 0) is 6.42 Å². The van der Waals surface area contributed by atoms with Gasteiger partial charge in [-0.3, -0.25) is 0 Å². The van der Waals surface area contributed by atoms with Crippen molar-refractivity contribution in [2.45, 2.75) is 38.2 Å². The van der Waals surface area contributed by atoms with E-state index in [0.29, 0.717) is 6.10 Å². The average molecular weight is 222 g/mol. The molecule has 1 nitrogen and oxygen atoms in total. The molecule has 15 heavy (non-hydrogen) atoms. The molecule has 0 spiro atoms. The van der Waals surface area contributed by atoms with Crippen molar-refractivity contribution >= 4 is 12.6 Å². The highest BCUT2D eigenvalue weighted by molar-refractivity contribution is 7.80. The Morgan fingerprint density at radius 1 is 1.13 bits per heavy atom. The third-order valence-electron chi connectivity index (χ3n) is 2.93. The lowest BCUT2D eigenvalue weighted by Gasteiger charge is -2.13. The molecule has 1 aromatic rings.